The SMILES string of the molecule is CC(C)Oc1ccc(CNC(=O)[C@H]2CCNC2)c(C(F)(F)F)c1. The zero-order chi connectivity index (χ0) is 17.0. The summed E-state index contributed by atoms with van der Waals surface area (Å²) in [6.45, 7) is 4.67. The van der Waals surface area contributed by atoms with Gasteiger partial charge < -0.3 is 15.4 Å². The third-order valence-electron chi connectivity index (χ3n) is 3.64. The second kappa shape index (κ2) is 7.21. The van der Waals surface area contributed by atoms with Crippen molar-refractivity contribution in [3.05, 3.63) is 29.3 Å². The van der Waals surface area contributed by atoms with Gasteiger partial charge in [0.15, 0.2) is 0 Å². The average Bonchev–Trinajstić information content (AvgIpc) is 2.98. The van der Waals surface area contributed by atoms with E-state index in [0.717, 1.165) is 12.6 Å². The second-order valence-electron chi connectivity index (χ2n) is 5.89. The molecule has 1 saturated heterocycles. The highest BCUT2D eigenvalue weighted by molar-refractivity contribution is 5.79. The molecular formula is C16H21F3N2O2. The predicted octanol–water partition coefficient (Wildman–Crippen LogP) is 2.72. The molecule has 1 heterocycles. The number of rotatable bonds is 5. The van der Waals surface area contributed by atoms with Gasteiger partial charge in [-0.3, -0.25) is 4.79 Å². The first-order valence-corrected chi connectivity index (χ1v) is 7.62. The number of carbonyl (C=O) groups excluding carboxylic acids is 1. The lowest BCUT2D eigenvalue weighted by Gasteiger charge is -2.17. The number of halogens is 3. The van der Waals surface area contributed by atoms with Crippen molar-refractivity contribution >= 4 is 5.91 Å². The Labute approximate surface area is 133 Å². The monoisotopic (exact) mass is 330 g/mol. The first-order chi connectivity index (χ1) is 10.8. The van der Waals surface area contributed by atoms with Crippen LogP contribution in [0.2, 0.25) is 0 Å². The van der Waals surface area contributed by atoms with Gasteiger partial charge in [0.05, 0.1) is 17.6 Å². The van der Waals surface area contributed by atoms with Crippen molar-refractivity contribution in [1.82, 2.24) is 10.6 Å². The summed E-state index contributed by atoms with van der Waals surface area (Å²) in [5.41, 5.74) is -0.742. The van der Waals surface area contributed by atoms with E-state index in [9.17, 15) is 18.0 Å². The van der Waals surface area contributed by atoms with Crippen LogP contribution in [0.15, 0.2) is 18.2 Å². The van der Waals surface area contributed by atoms with Crippen LogP contribution in [0, 0.1) is 5.92 Å². The highest BCUT2D eigenvalue weighted by atomic mass is 19.4. The van der Waals surface area contributed by atoms with Crippen LogP contribution in [0.1, 0.15) is 31.4 Å². The van der Waals surface area contributed by atoms with Crippen LogP contribution in [-0.2, 0) is 17.5 Å². The fourth-order valence-corrected chi connectivity index (χ4v) is 2.52. The number of alkyl halides is 3. The lowest BCUT2D eigenvalue weighted by molar-refractivity contribution is -0.138. The van der Waals surface area contributed by atoms with Crippen LogP contribution in [-0.4, -0.2) is 25.1 Å². The van der Waals surface area contributed by atoms with Crippen molar-refractivity contribution in [3.63, 3.8) is 0 Å². The highest BCUT2D eigenvalue weighted by Crippen LogP contribution is 2.34. The molecule has 1 amide bonds. The molecule has 2 rings (SSSR count). The summed E-state index contributed by atoms with van der Waals surface area (Å²) < 4.78 is 45.0. The Balaban J connectivity index is 2.11. The smallest absolute Gasteiger partial charge is 0.416 e. The number of ether oxygens (including phenoxy) is 1. The van der Waals surface area contributed by atoms with Gasteiger partial charge in [-0.15, -0.1) is 0 Å². The van der Waals surface area contributed by atoms with E-state index in [4.69, 9.17) is 4.74 Å². The molecule has 128 valence electrons. The average molecular weight is 330 g/mol. The fourth-order valence-electron chi connectivity index (χ4n) is 2.52. The van der Waals surface area contributed by atoms with Crippen LogP contribution in [0.3, 0.4) is 0 Å². The molecule has 1 fully saturated rings. The molecule has 0 bridgehead atoms. The Hall–Kier alpha value is -1.76. The quantitative estimate of drug-likeness (QED) is 0.873. The van der Waals surface area contributed by atoms with E-state index in [-0.39, 0.29) is 35.8 Å². The first-order valence-electron chi connectivity index (χ1n) is 7.62. The molecule has 2 N–H and O–H groups in total. The number of benzene rings is 1. The minimum absolute atomic E-state index is 0.0351. The molecule has 1 aliphatic rings. The van der Waals surface area contributed by atoms with Crippen LogP contribution in [0.5, 0.6) is 5.75 Å². The summed E-state index contributed by atoms with van der Waals surface area (Å²) in [6.07, 6.45) is -4.00. The molecule has 0 saturated carbocycles. The van der Waals surface area contributed by atoms with Gasteiger partial charge >= 0.3 is 6.18 Å². The van der Waals surface area contributed by atoms with E-state index in [1.165, 1.54) is 12.1 Å². The summed E-state index contributed by atoms with van der Waals surface area (Å²) in [5, 5.41) is 5.65. The van der Waals surface area contributed by atoms with Crippen LogP contribution < -0.4 is 15.4 Å². The van der Waals surface area contributed by atoms with E-state index in [2.05, 4.69) is 10.6 Å². The highest BCUT2D eigenvalue weighted by Gasteiger charge is 2.34. The Morgan fingerprint density at radius 2 is 2.17 bits per heavy atom. The summed E-state index contributed by atoms with van der Waals surface area (Å²) >= 11 is 0. The molecule has 0 aliphatic carbocycles. The number of amides is 1. The van der Waals surface area contributed by atoms with Gasteiger partial charge in [0.2, 0.25) is 5.91 Å². The number of carbonyl (C=O) groups is 1. The fraction of sp³-hybridized carbons (Fsp3) is 0.562. The van der Waals surface area contributed by atoms with Gasteiger partial charge in [-0.05, 0) is 44.5 Å². The van der Waals surface area contributed by atoms with Crippen LogP contribution in [0.25, 0.3) is 0 Å². The molecule has 7 heteroatoms. The zero-order valence-electron chi connectivity index (χ0n) is 13.2. The maximum Gasteiger partial charge on any atom is 0.416 e. The predicted molar refractivity (Wildman–Crippen MR) is 80.0 cm³/mol. The molecule has 1 aliphatic heterocycles. The van der Waals surface area contributed by atoms with E-state index < -0.39 is 11.7 Å². The lowest BCUT2D eigenvalue weighted by Crippen LogP contribution is -2.32. The Morgan fingerprint density at radius 3 is 2.74 bits per heavy atom. The minimum Gasteiger partial charge on any atom is -0.491 e. The number of nitrogens with one attached hydrogen (secondary N) is 2. The summed E-state index contributed by atoms with van der Waals surface area (Å²) in [6, 6.07) is 3.83. The van der Waals surface area contributed by atoms with Crippen molar-refractivity contribution in [1.29, 1.82) is 0 Å². The maximum absolute atomic E-state index is 13.2. The normalized spacial score (nSPS) is 18.3. The van der Waals surface area contributed by atoms with Crippen molar-refractivity contribution in [2.45, 2.75) is 39.1 Å². The van der Waals surface area contributed by atoms with Crippen LogP contribution >= 0.6 is 0 Å². The standard InChI is InChI=1S/C16H21F3N2O2/c1-10(2)23-13-4-3-11(14(7-13)16(17,18)19)9-21-15(22)12-5-6-20-8-12/h3-4,7,10,12,20H,5-6,8-9H2,1-2H3,(H,21,22)/t12-/m0/s1. The van der Waals surface area contributed by atoms with Crippen molar-refractivity contribution in [3.8, 4) is 5.75 Å². The van der Waals surface area contributed by atoms with Crippen molar-refractivity contribution in [2.24, 2.45) is 5.92 Å². The van der Waals surface area contributed by atoms with Crippen LogP contribution in [0.4, 0.5) is 13.2 Å². The minimum atomic E-state index is -4.49. The van der Waals surface area contributed by atoms with E-state index in [1.807, 2.05) is 0 Å². The van der Waals surface area contributed by atoms with E-state index in [0.29, 0.717) is 13.0 Å². The molecule has 1 aromatic carbocycles. The molecule has 23 heavy (non-hydrogen) atoms. The van der Waals surface area contributed by atoms with Crippen molar-refractivity contribution in [2.75, 3.05) is 13.1 Å². The molecule has 0 spiro atoms. The summed E-state index contributed by atoms with van der Waals surface area (Å²) in [4.78, 5) is 11.9. The van der Waals surface area contributed by atoms with Gasteiger partial charge in [-0.2, -0.15) is 13.2 Å². The summed E-state index contributed by atoms with van der Waals surface area (Å²) in [7, 11) is 0. The molecule has 0 radical (unpaired) electrons. The number of hydrogen-bond acceptors (Lipinski definition) is 3. The molecule has 0 unspecified atom stereocenters. The second-order valence-corrected chi connectivity index (χ2v) is 5.89. The Morgan fingerprint density at radius 1 is 1.43 bits per heavy atom. The molecule has 1 atom stereocenters. The third-order valence-corrected chi connectivity index (χ3v) is 3.64. The first kappa shape index (κ1) is 17.6. The molecule has 4 nitrogen and oxygen atoms in total. The third kappa shape index (κ3) is 4.86. The topological polar surface area (TPSA) is 50.4 Å². The van der Waals surface area contributed by atoms with Gasteiger partial charge in [0.1, 0.15) is 5.75 Å². The lowest BCUT2D eigenvalue weighted by atomic mass is 10.0. The summed E-state index contributed by atoms with van der Waals surface area (Å²) in [5.74, 6) is -0.221. The van der Waals surface area contributed by atoms with Gasteiger partial charge in [-0.25, -0.2) is 0 Å². The van der Waals surface area contributed by atoms with Gasteiger partial charge in [-0.1, -0.05) is 6.07 Å². The zero-order valence-corrected chi connectivity index (χ0v) is 13.2. The van der Waals surface area contributed by atoms with Crippen molar-refractivity contribution < 1.29 is 22.7 Å². The maximum atomic E-state index is 13.2. The van der Waals surface area contributed by atoms with E-state index >= 15 is 0 Å². The van der Waals surface area contributed by atoms with E-state index in [1.54, 1.807) is 13.8 Å². The molecule has 1 aromatic rings. The largest absolute Gasteiger partial charge is 0.491 e. The number of hydrogen-bond donors (Lipinski definition) is 2. The molecular weight excluding hydrogens is 309 g/mol. The van der Waals surface area contributed by atoms with Gasteiger partial charge in [0.25, 0.3) is 0 Å². The Kier molecular flexibility index (Phi) is 5.51. The van der Waals surface area contributed by atoms with Gasteiger partial charge in [0, 0.05) is 13.1 Å². The molecule has 0 aromatic heterocycles. The Bertz CT molecular complexity index is 553.